The summed E-state index contributed by atoms with van der Waals surface area (Å²) in [5, 5.41) is 11.3. The number of fused-ring (bicyclic) bond motifs is 1. The number of hydrogen-bond donors (Lipinski definition) is 1. The Labute approximate surface area is 83.9 Å². The molecule has 2 rings (SSSR count). The standard InChI is InChI=1S/C8H6ClN3O2/c1-4-2-10-8-6(4)7(9)5(3-11-8)12(13)14/h2-3H,1H3,(H,10,11). The average molecular weight is 212 g/mol. The molecule has 6 heteroatoms. The lowest BCUT2D eigenvalue weighted by atomic mass is 10.2. The van der Waals surface area contributed by atoms with E-state index in [0.717, 1.165) is 11.8 Å². The summed E-state index contributed by atoms with van der Waals surface area (Å²) < 4.78 is 0. The molecule has 2 heterocycles. The predicted molar refractivity (Wildman–Crippen MR) is 52.5 cm³/mol. The fourth-order valence-corrected chi connectivity index (χ4v) is 1.68. The van der Waals surface area contributed by atoms with Gasteiger partial charge < -0.3 is 4.98 Å². The Morgan fingerprint density at radius 1 is 1.64 bits per heavy atom. The number of aromatic nitrogens is 2. The zero-order valence-electron chi connectivity index (χ0n) is 7.24. The Hall–Kier alpha value is -1.62. The Morgan fingerprint density at radius 2 is 2.36 bits per heavy atom. The molecule has 0 bridgehead atoms. The van der Waals surface area contributed by atoms with Crippen LogP contribution in [0, 0.1) is 17.0 Å². The minimum Gasteiger partial charge on any atom is -0.346 e. The molecular weight excluding hydrogens is 206 g/mol. The predicted octanol–water partition coefficient (Wildman–Crippen LogP) is 2.43. The van der Waals surface area contributed by atoms with Gasteiger partial charge in [-0.15, -0.1) is 0 Å². The smallest absolute Gasteiger partial charge is 0.306 e. The Morgan fingerprint density at radius 3 is 3.00 bits per heavy atom. The third-order valence-corrected chi connectivity index (χ3v) is 2.40. The molecule has 5 nitrogen and oxygen atoms in total. The summed E-state index contributed by atoms with van der Waals surface area (Å²) in [6.07, 6.45) is 2.87. The van der Waals surface area contributed by atoms with Crippen molar-refractivity contribution in [2.45, 2.75) is 6.92 Å². The molecule has 72 valence electrons. The van der Waals surface area contributed by atoms with Crippen LogP contribution in [0.1, 0.15) is 5.56 Å². The maximum atomic E-state index is 10.6. The van der Waals surface area contributed by atoms with E-state index < -0.39 is 4.92 Å². The van der Waals surface area contributed by atoms with Gasteiger partial charge in [0, 0.05) is 11.6 Å². The van der Waals surface area contributed by atoms with Gasteiger partial charge in [0.2, 0.25) is 0 Å². The van der Waals surface area contributed by atoms with Crippen molar-refractivity contribution in [3.8, 4) is 0 Å². The second-order valence-electron chi connectivity index (χ2n) is 2.91. The first-order valence-electron chi connectivity index (χ1n) is 3.88. The number of nitro groups is 1. The molecule has 0 unspecified atom stereocenters. The van der Waals surface area contributed by atoms with Crippen molar-refractivity contribution in [2.75, 3.05) is 0 Å². The SMILES string of the molecule is Cc1c[nH]c2ncc([N+](=O)[O-])c(Cl)c12. The largest absolute Gasteiger partial charge is 0.346 e. The van der Waals surface area contributed by atoms with E-state index in [1.165, 1.54) is 0 Å². The molecule has 0 atom stereocenters. The third-order valence-electron chi connectivity index (χ3n) is 2.01. The fourth-order valence-electron chi connectivity index (χ4n) is 1.32. The first-order chi connectivity index (χ1) is 6.61. The van der Waals surface area contributed by atoms with Gasteiger partial charge in [-0.1, -0.05) is 11.6 Å². The van der Waals surface area contributed by atoms with Crippen molar-refractivity contribution >= 4 is 28.3 Å². The molecule has 0 fully saturated rings. The quantitative estimate of drug-likeness (QED) is 0.582. The minimum atomic E-state index is -0.540. The lowest BCUT2D eigenvalue weighted by Gasteiger charge is -1.96. The maximum Gasteiger partial charge on any atom is 0.306 e. The summed E-state index contributed by atoms with van der Waals surface area (Å²) in [6, 6.07) is 0. The molecular formula is C8H6ClN3O2. The highest BCUT2D eigenvalue weighted by Crippen LogP contribution is 2.32. The van der Waals surface area contributed by atoms with Gasteiger partial charge in [-0.2, -0.15) is 0 Å². The molecule has 0 spiro atoms. The van der Waals surface area contributed by atoms with E-state index in [-0.39, 0.29) is 10.7 Å². The Balaban J connectivity index is 2.86. The van der Waals surface area contributed by atoms with Crippen molar-refractivity contribution in [3.63, 3.8) is 0 Å². The number of aromatic amines is 1. The van der Waals surface area contributed by atoms with Gasteiger partial charge in [0.1, 0.15) is 16.9 Å². The number of aryl methyl sites for hydroxylation is 1. The van der Waals surface area contributed by atoms with Crippen LogP contribution in [0.5, 0.6) is 0 Å². The highest BCUT2D eigenvalue weighted by atomic mass is 35.5. The van der Waals surface area contributed by atoms with E-state index in [0.29, 0.717) is 11.0 Å². The van der Waals surface area contributed by atoms with Crippen LogP contribution < -0.4 is 0 Å². The molecule has 0 saturated carbocycles. The third kappa shape index (κ3) is 1.13. The van der Waals surface area contributed by atoms with E-state index in [4.69, 9.17) is 11.6 Å². The maximum absolute atomic E-state index is 10.6. The van der Waals surface area contributed by atoms with Crippen LogP contribution in [0.2, 0.25) is 5.02 Å². The number of halogens is 1. The number of rotatable bonds is 1. The summed E-state index contributed by atoms with van der Waals surface area (Å²) in [5.41, 5.74) is 1.25. The second-order valence-corrected chi connectivity index (χ2v) is 3.29. The zero-order chi connectivity index (χ0) is 10.3. The molecule has 14 heavy (non-hydrogen) atoms. The molecule has 0 amide bonds. The average Bonchev–Trinajstić information content (AvgIpc) is 2.48. The van der Waals surface area contributed by atoms with Crippen molar-refractivity contribution < 1.29 is 4.92 Å². The van der Waals surface area contributed by atoms with E-state index in [9.17, 15) is 10.1 Å². The topological polar surface area (TPSA) is 71.8 Å². The van der Waals surface area contributed by atoms with E-state index in [1.54, 1.807) is 6.20 Å². The first kappa shape index (κ1) is 8.96. The molecule has 0 aliphatic rings. The van der Waals surface area contributed by atoms with Gasteiger partial charge in [0.25, 0.3) is 0 Å². The van der Waals surface area contributed by atoms with Crippen LogP contribution >= 0.6 is 11.6 Å². The number of nitrogens with zero attached hydrogens (tertiary/aromatic N) is 2. The molecule has 0 aromatic carbocycles. The van der Waals surface area contributed by atoms with E-state index >= 15 is 0 Å². The van der Waals surface area contributed by atoms with Gasteiger partial charge in [-0.25, -0.2) is 4.98 Å². The first-order valence-corrected chi connectivity index (χ1v) is 4.25. The van der Waals surface area contributed by atoms with Crippen molar-refractivity contribution in [1.29, 1.82) is 0 Å². The fraction of sp³-hybridized carbons (Fsp3) is 0.125. The summed E-state index contributed by atoms with van der Waals surface area (Å²) in [4.78, 5) is 16.8. The summed E-state index contributed by atoms with van der Waals surface area (Å²) >= 11 is 5.88. The summed E-state index contributed by atoms with van der Waals surface area (Å²) in [5.74, 6) is 0. The van der Waals surface area contributed by atoms with Crippen LogP contribution in [0.3, 0.4) is 0 Å². The molecule has 1 N–H and O–H groups in total. The minimum absolute atomic E-state index is 0.138. The second kappa shape index (κ2) is 2.95. The van der Waals surface area contributed by atoms with E-state index in [1.807, 2.05) is 6.92 Å². The van der Waals surface area contributed by atoms with Crippen molar-refractivity contribution in [1.82, 2.24) is 9.97 Å². The molecule has 2 aromatic heterocycles. The highest BCUT2D eigenvalue weighted by Gasteiger charge is 2.17. The Kier molecular flexibility index (Phi) is 1.89. The van der Waals surface area contributed by atoms with Gasteiger partial charge in [-0.3, -0.25) is 10.1 Å². The number of nitrogens with one attached hydrogen (secondary N) is 1. The molecule has 0 aliphatic heterocycles. The van der Waals surface area contributed by atoms with Gasteiger partial charge in [-0.05, 0) is 12.5 Å². The van der Waals surface area contributed by atoms with Gasteiger partial charge in [0.05, 0.1) is 4.92 Å². The number of hydrogen-bond acceptors (Lipinski definition) is 3. The van der Waals surface area contributed by atoms with Crippen LogP contribution in [-0.4, -0.2) is 14.9 Å². The molecule has 0 saturated heterocycles. The van der Waals surface area contributed by atoms with Gasteiger partial charge in [0.15, 0.2) is 0 Å². The highest BCUT2D eigenvalue weighted by molar-refractivity contribution is 6.37. The molecule has 2 aromatic rings. The Bertz CT molecular complexity index is 521. The van der Waals surface area contributed by atoms with Crippen LogP contribution in [0.15, 0.2) is 12.4 Å². The normalized spacial score (nSPS) is 10.7. The molecule has 0 radical (unpaired) electrons. The van der Waals surface area contributed by atoms with Crippen LogP contribution in [0.25, 0.3) is 11.0 Å². The zero-order valence-corrected chi connectivity index (χ0v) is 8.00. The number of pyridine rings is 1. The van der Waals surface area contributed by atoms with Gasteiger partial charge >= 0.3 is 5.69 Å². The van der Waals surface area contributed by atoms with Crippen molar-refractivity contribution in [2.24, 2.45) is 0 Å². The summed E-state index contributed by atoms with van der Waals surface area (Å²) in [7, 11) is 0. The number of H-pyrrole nitrogens is 1. The lowest BCUT2D eigenvalue weighted by Crippen LogP contribution is -1.91. The summed E-state index contributed by atoms with van der Waals surface area (Å²) in [6.45, 7) is 1.82. The molecule has 0 aliphatic carbocycles. The van der Waals surface area contributed by atoms with E-state index in [2.05, 4.69) is 9.97 Å². The van der Waals surface area contributed by atoms with Crippen LogP contribution in [0.4, 0.5) is 5.69 Å². The monoisotopic (exact) mass is 211 g/mol. The van der Waals surface area contributed by atoms with Crippen LogP contribution in [-0.2, 0) is 0 Å². The van der Waals surface area contributed by atoms with Crippen molar-refractivity contribution in [3.05, 3.63) is 33.1 Å². The lowest BCUT2D eigenvalue weighted by molar-refractivity contribution is -0.384.